The number of nitrogens with one attached hydrogen (secondary N) is 1. The fraction of sp³-hybridized carbons (Fsp3) is 0.273. The van der Waals surface area contributed by atoms with Gasteiger partial charge in [0.2, 0.25) is 0 Å². The van der Waals surface area contributed by atoms with E-state index in [9.17, 15) is 4.79 Å². The molecule has 0 atom stereocenters. The van der Waals surface area contributed by atoms with Crippen molar-refractivity contribution in [1.29, 1.82) is 0 Å². The van der Waals surface area contributed by atoms with Gasteiger partial charge in [-0.1, -0.05) is 42.5 Å². The number of hydrogen-bond donors (Lipinski definition) is 1. The number of piperidine rings is 1. The van der Waals surface area contributed by atoms with E-state index in [1.807, 2.05) is 12.1 Å². The van der Waals surface area contributed by atoms with Gasteiger partial charge in [0, 0.05) is 31.9 Å². The van der Waals surface area contributed by atoms with Gasteiger partial charge in [-0.05, 0) is 47.4 Å². The molecule has 1 saturated heterocycles. The Morgan fingerprint density at radius 3 is 2.54 bits per heavy atom. The van der Waals surface area contributed by atoms with Crippen molar-refractivity contribution in [2.45, 2.75) is 25.4 Å². The number of fused-ring (bicyclic) bond motifs is 1. The average molecular weight is 345 g/mol. The first-order chi connectivity index (χ1) is 12.8. The Hall–Kier alpha value is -2.72. The molecule has 0 radical (unpaired) electrons. The average Bonchev–Trinajstić information content (AvgIpc) is 2.70. The van der Waals surface area contributed by atoms with Gasteiger partial charge in [0.15, 0.2) is 0 Å². The van der Waals surface area contributed by atoms with Crippen LogP contribution in [0.25, 0.3) is 10.8 Å². The second kappa shape index (κ2) is 7.67. The Morgan fingerprint density at radius 2 is 1.77 bits per heavy atom. The molecule has 1 aliphatic rings. The highest BCUT2D eigenvalue weighted by atomic mass is 16.1. The number of benzene rings is 2. The minimum Gasteiger partial charge on any atom is -0.348 e. The molecule has 132 valence electrons. The number of amides is 1. The third kappa shape index (κ3) is 3.92. The summed E-state index contributed by atoms with van der Waals surface area (Å²) in [7, 11) is 0. The van der Waals surface area contributed by atoms with Gasteiger partial charge in [-0.15, -0.1) is 0 Å². The van der Waals surface area contributed by atoms with E-state index in [0.29, 0.717) is 5.69 Å². The molecule has 2 aromatic carbocycles. The SMILES string of the molecule is O=C(NC1CCN(Cc2ccc3ccccc3c2)CC1)c1ccccn1. The Labute approximate surface area is 153 Å². The second-order valence-corrected chi connectivity index (χ2v) is 6.92. The lowest BCUT2D eigenvalue weighted by atomic mass is 10.0. The molecule has 0 spiro atoms. The molecule has 1 aliphatic heterocycles. The smallest absolute Gasteiger partial charge is 0.270 e. The fourth-order valence-corrected chi connectivity index (χ4v) is 3.59. The Morgan fingerprint density at radius 1 is 1.00 bits per heavy atom. The molecule has 1 N–H and O–H groups in total. The van der Waals surface area contributed by atoms with Crippen LogP contribution >= 0.6 is 0 Å². The maximum Gasteiger partial charge on any atom is 0.270 e. The molecule has 2 heterocycles. The molecule has 26 heavy (non-hydrogen) atoms. The van der Waals surface area contributed by atoms with Crippen LogP contribution in [-0.4, -0.2) is 34.9 Å². The molecule has 0 saturated carbocycles. The summed E-state index contributed by atoms with van der Waals surface area (Å²) in [4.78, 5) is 18.8. The molecule has 3 aromatic rings. The topological polar surface area (TPSA) is 45.2 Å². The number of nitrogens with zero attached hydrogens (tertiary/aromatic N) is 2. The van der Waals surface area contributed by atoms with Crippen LogP contribution in [0.1, 0.15) is 28.9 Å². The maximum absolute atomic E-state index is 12.2. The number of rotatable bonds is 4. The van der Waals surface area contributed by atoms with E-state index in [4.69, 9.17) is 0 Å². The van der Waals surface area contributed by atoms with Crippen molar-refractivity contribution in [2.75, 3.05) is 13.1 Å². The summed E-state index contributed by atoms with van der Waals surface area (Å²) >= 11 is 0. The number of hydrogen-bond acceptors (Lipinski definition) is 3. The van der Waals surface area contributed by atoms with Crippen LogP contribution in [0.4, 0.5) is 0 Å². The van der Waals surface area contributed by atoms with Gasteiger partial charge in [0.1, 0.15) is 5.69 Å². The van der Waals surface area contributed by atoms with Gasteiger partial charge in [-0.2, -0.15) is 0 Å². The highest BCUT2D eigenvalue weighted by molar-refractivity contribution is 5.92. The molecule has 1 fully saturated rings. The van der Waals surface area contributed by atoms with E-state index >= 15 is 0 Å². The molecule has 1 aromatic heterocycles. The van der Waals surface area contributed by atoms with E-state index in [0.717, 1.165) is 32.5 Å². The first-order valence-corrected chi connectivity index (χ1v) is 9.20. The summed E-state index contributed by atoms with van der Waals surface area (Å²) in [6.07, 6.45) is 3.61. The molecular formula is C22H23N3O. The van der Waals surface area contributed by atoms with Crippen molar-refractivity contribution in [1.82, 2.24) is 15.2 Å². The first-order valence-electron chi connectivity index (χ1n) is 9.20. The van der Waals surface area contributed by atoms with E-state index in [-0.39, 0.29) is 11.9 Å². The van der Waals surface area contributed by atoms with Gasteiger partial charge in [-0.3, -0.25) is 14.7 Å². The van der Waals surface area contributed by atoms with Crippen LogP contribution in [0.3, 0.4) is 0 Å². The van der Waals surface area contributed by atoms with Crippen LogP contribution in [0.2, 0.25) is 0 Å². The third-order valence-corrected chi connectivity index (χ3v) is 5.04. The summed E-state index contributed by atoms with van der Waals surface area (Å²) in [5.41, 5.74) is 1.84. The van der Waals surface area contributed by atoms with E-state index < -0.39 is 0 Å². The first kappa shape index (κ1) is 16.7. The fourth-order valence-electron chi connectivity index (χ4n) is 3.59. The molecule has 1 amide bonds. The number of carbonyl (C=O) groups is 1. The Kier molecular flexibility index (Phi) is 4.93. The normalized spacial score (nSPS) is 15.8. The standard InChI is InChI=1S/C22H23N3O/c26-22(21-7-3-4-12-23-21)24-20-10-13-25(14-11-20)16-17-8-9-18-5-1-2-6-19(18)15-17/h1-9,12,15,20H,10-11,13-14,16H2,(H,24,26). The molecule has 4 rings (SSSR count). The summed E-state index contributed by atoms with van der Waals surface area (Å²) in [5, 5.41) is 5.69. The van der Waals surface area contributed by atoms with Crippen molar-refractivity contribution in [3.63, 3.8) is 0 Å². The van der Waals surface area contributed by atoms with Gasteiger partial charge in [0.25, 0.3) is 5.91 Å². The zero-order valence-corrected chi connectivity index (χ0v) is 14.8. The van der Waals surface area contributed by atoms with E-state index in [1.54, 1.807) is 12.3 Å². The summed E-state index contributed by atoms with van der Waals surface area (Å²) in [6.45, 7) is 2.96. The highest BCUT2D eigenvalue weighted by Gasteiger charge is 2.21. The Bertz CT molecular complexity index is 886. The van der Waals surface area contributed by atoms with Crippen molar-refractivity contribution in [3.8, 4) is 0 Å². The summed E-state index contributed by atoms with van der Waals surface area (Å²) in [5.74, 6) is -0.0708. The second-order valence-electron chi connectivity index (χ2n) is 6.92. The lowest BCUT2D eigenvalue weighted by molar-refractivity contribution is 0.0904. The Balaban J connectivity index is 1.31. The van der Waals surface area contributed by atoms with Crippen LogP contribution < -0.4 is 5.32 Å². The van der Waals surface area contributed by atoms with E-state index in [2.05, 4.69) is 57.7 Å². The third-order valence-electron chi connectivity index (χ3n) is 5.04. The predicted octanol–water partition coefficient (Wildman–Crippen LogP) is 3.63. The molecule has 0 aliphatic carbocycles. The molecule has 4 heteroatoms. The van der Waals surface area contributed by atoms with Crippen LogP contribution in [0, 0.1) is 0 Å². The quantitative estimate of drug-likeness (QED) is 0.785. The van der Waals surface area contributed by atoms with E-state index in [1.165, 1.54) is 16.3 Å². The van der Waals surface area contributed by atoms with Crippen molar-refractivity contribution < 1.29 is 4.79 Å². The lowest BCUT2D eigenvalue weighted by Gasteiger charge is -2.32. The number of likely N-dealkylation sites (tertiary alicyclic amines) is 1. The minimum absolute atomic E-state index is 0.0708. The maximum atomic E-state index is 12.2. The molecule has 4 nitrogen and oxygen atoms in total. The summed E-state index contributed by atoms with van der Waals surface area (Å²) in [6, 6.07) is 20.8. The van der Waals surface area contributed by atoms with Crippen LogP contribution in [-0.2, 0) is 6.54 Å². The highest BCUT2D eigenvalue weighted by Crippen LogP contribution is 2.19. The zero-order valence-electron chi connectivity index (χ0n) is 14.8. The van der Waals surface area contributed by atoms with Crippen molar-refractivity contribution in [2.24, 2.45) is 0 Å². The number of pyridine rings is 1. The predicted molar refractivity (Wildman–Crippen MR) is 104 cm³/mol. The lowest BCUT2D eigenvalue weighted by Crippen LogP contribution is -2.44. The number of aromatic nitrogens is 1. The van der Waals surface area contributed by atoms with Crippen molar-refractivity contribution >= 4 is 16.7 Å². The van der Waals surface area contributed by atoms with Crippen molar-refractivity contribution in [3.05, 3.63) is 78.1 Å². The summed E-state index contributed by atoms with van der Waals surface area (Å²) < 4.78 is 0. The van der Waals surface area contributed by atoms with Crippen LogP contribution in [0.5, 0.6) is 0 Å². The molecule has 0 bridgehead atoms. The van der Waals surface area contributed by atoms with Gasteiger partial charge < -0.3 is 5.32 Å². The van der Waals surface area contributed by atoms with Gasteiger partial charge in [0.05, 0.1) is 0 Å². The largest absolute Gasteiger partial charge is 0.348 e. The van der Waals surface area contributed by atoms with Gasteiger partial charge >= 0.3 is 0 Å². The molecular weight excluding hydrogens is 322 g/mol. The number of carbonyl (C=O) groups excluding carboxylic acids is 1. The monoisotopic (exact) mass is 345 g/mol. The van der Waals surface area contributed by atoms with Gasteiger partial charge in [-0.25, -0.2) is 0 Å². The zero-order chi connectivity index (χ0) is 17.8. The molecule has 0 unspecified atom stereocenters. The van der Waals surface area contributed by atoms with Crippen LogP contribution in [0.15, 0.2) is 66.9 Å². The minimum atomic E-state index is -0.0708.